The van der Waals surface area contributed by atoms with Crippen molar-refractivity contribution >= 4 is 69.7 Å². The zero-order valence-electron chi connectivity index (χ0n) is 48.4. The second kappa shape index (κ2) is 30.3. The number of para-hydroxylation sites is 6. The van der Waals surface area contributed by atoms with E-state index in [1.807, 2.05) is 127 Å². The highest BCUT2D eigenvalue weighted by Gasteiger charge is 2.13. The van der Waals surface area contributed by atoms with Crippen molar-refractivity contribution < 1.29 is 14.4 Å². The SMILES string of the molecule is Nc1ccccc1NC(=O)c1ccc(CNc2nccc(-c3cccnc3)n2)cc1.Nc1ccccc1NC(=O)c1ccc(CNc2nccc(-c3cccnc3)n2)cc1.Nc1ccccc1NC(=O)c1ccc(CNc2nccc(-c3cccnc3)n2)cc1. The molecule has 21 heteroatoms. The summed E-state index contributed by atoms with van der Waals surface area (Å²) < 4.78 is 0. The van der Waals surface area contributed by atoms with Crippen molar-refractivity contribution in [1.82, 2.24) is 44.9 Å². The molecule has 0 spiro atoms. The largest absolute Gasteiger partial charge is 0.397 e. The van der Waals surface area contributed by atoms with Crippen molar-refractivity contribution in [2.75, 3.05) is 49.1 Å². The number of anilines is 9. The third kappa shape index (κ3) is 17.2. The van der Waals surface area contributed by atoms with Gasteiger partial charge in [-0.25, -0.2) is 29.9 Å². The van der Waals surface area contributed by atoms with Crippen LogP contribution in [0.1, 0.15) is 47.8 Å². The van der Waals surface area contributed by atoms with E-state index in [1.54, 1.807) is 129 Å². The third-order valence-electron chi connectivity index (χ3n) is 13.5. The van der Waals surface area contributed by atoms with Crippen LogP contribution in [0.5, 0.6) is 0 Å². The quantitative estimate of drug-likeness (QED) is 0.0361. The molecule has 0 saturated heterocycles. The Bertz CT molecular complexity index is 3880. The Kier molecular flexibility index (Phi) is 20.3. The number of nitrogens with zero attached hydrogens (tertiary/aromatic N) is 9. The van der Waals surface area contributed by atoms with Crippen LogP contribution < -0.4 is 49.1 Å². The fraction of sp³-hybridized carbons (Fsp3) is 0.0435. The first-order chi connectivity index (χ1) is 44.1. The van der Waals surface area contributed by atoms with E-state index < -0.39 is 0 Å². The molecule has 0 unspecified atom stereocenters. The summed E-state index contributed by atoms with van der Waals surface area (Å²) in [7, 11) is 0. The van der Waals surface area contributed by atoms with Gasteiger partial charge in [0.05, 0.1) is 51.2 Å². The number of nitrogens with two attached hydrogens (primary N) is 3. The summed E-state index contributed by atoms with van der Waals surface area (Å²) in [6.45, 7) is 1.60. The molecule has 6 aromatic heterocycles. The van der Waals surface area contributed by atoms with Gasteiger partial charge < -0.3 is 49.1 Å². The van der Waals surface area contributed by atoms with E-state index >= 15 is 0 Å². The highest BCUT2D eigenvalue weighted by molar-refractivity contribution is 6.07. The summed E-state index contributed by atoms with van der Waals surface area (Å²) in [4.78, 5) is 76.0. The molecule has 0 aliphatic heterocycles. The summed E-state index contributed by atoms with van der Waals surface area (Å²) in [5, 5.41) is 18.1. The van der Waals surface area contributed by atoms with Crippen molar-refractivity contribution in [3.8, 4) is 33.8 Å². The first kappa shape index (κ1) is 60.3. The molecule has 6 aromatic carbocycles. The van der Waals surface area contributed by atoms with Crippen molar-refractivity contribution in [2.45, 2.75) is 19.6 Å². The Hall–Kier alpha value is -12.8. The normalized spacial score (nSPS) is 10.4. The Morgan fingerprint density at radius 3 is 0.844 bits per heavy atom. The van der Waals surface area contributed by atoms with Gasteiger partial charge in [0.25, 0.3) is 17.7 Å². The summed E-state index contributed by atoms with van der Waals surface area (Å²) in [6.07, 6.45) is 15.6. The molecule has 0 saturated carbocycles. The second-order valence-electron chi connectivity index (χ2n) is 19.8. The number of hydrogen-bond acceptors (Lipinski definition) is 18. The monoisotopic (exact) mass is 1190 g/mol. The summed E-state index contributed by atoms with van der Waals surface area (Å²) >= 11 is 0. The lowest BCUT2D eigenvalue weighted by Crippen LogP contribution is -2.13. The van der Waals surface area contributed by atoms with E-state index in [1.165, 1.54) is 0 Å². The van der Waals surface area contributed by atoms with Gasteiger partial charge in [-0.05, 0) is 144 Å². The average molecular weight is 1190 g/mol. The van der Waals surface area contributed by atoms with Gasteiger partial charge >= 0.3 is 0 Å². The fourth-order valence-electron chi connectivity index (χ4n) is 8.64. The minimum atomic E-state index is -0.208. The molecule has 444 valence electrons. The predicted molar refractivity (Wildman–Crippen MR) is 354 cm³/mol. The Morgan fingerprint density at radius 1 is 0.311 bits per heavy atom. The van der Waals surface area contributed by atoms with Crippen LogP contribution in [-0.2, 0) is 19.6 Å². The van der Waals surface area contributed by atoms with Crippen molar-refractivity contribution in [3.05, 3.63) is 289 Å². The molecule has 0 fully saturated rings. The molecule has 0 bridgehead atoms. The van der Waals surface area contributed by atoms with Gasteiger partial charge in [-0.3, -0.25) is 29.3 Å². The first-order valence-corrected chi connectivity index (χ1v) is 28.2. The van der Waals surface area contributed by atoms with Gasteiger partial charge in [0.2, 0.25) is 17.8 Å². The Balaban J connectivity index is 0.000000148. The molecular formula is C69H60N18O3. The topological polar surface area (TPSA) is 317 Å². The molecular weight excluding hydrogens is 1130 g/mol. The molecule has 0 aliphatic carbocycles. The number of carbonyl (C=O) groups excluding carboxylic acids is 3. The first-order valence-electron chi connectivity index (χ1n) is 28.2. The minimum Gasteiger partial charge on any atom is -0.397 e. The molecule has 90 heavy (non-hydrogen) atoms. The van der Waals surface area contributed by atoms with Gasteiger partial charge in [0.1, 0.15) is 0 Å². The lowest BCUT2D eigenvalue weighted by molar-refractivity contribution is 0.101. The molecule has 0 aliphatic rings. The third-order valence-corrected chi connectivity index (χ3v) is 13.5. The van der Waals surface area contributed by atoms with Gasteiger partial charge in [0, 0.05) is 109 Å². The lowest BCUT2D eigenvalue weighted by Gasteiger charge is -2.09. The summed E-state index contributed by atoms with van der Waals surface area (Å²) in [5.74, 6) is 0.952. The van der Waals surface area contributed by atoms with Gasteiger partial charge in [0.15, 0.2) is 0 Å². The van der Waals surface area contributed by atoms with Crippen LogP contribution in [-0.4, -0.2) is 62.6 Å². The maximum atomic E-state index is 12.4. The van der Waals surface area contributed by atoms with Crippen molar-refractivity contribution in [1.29, 1.82) is 0 Å². The molecule has 0 atom stereocenters. The Labute approximate surface area is 518 Å². The van der Waals surface area contributed by atoms with E-state index in [4.69, 9.17) is 17.2 Å². The Morgan fingerprint density at radius 2 is 0.589 bits per heavy atom. The van der Waals surface area contributed by atoms with E-state index in [-0.39, 0.29) is 17.7 Å². The number of nitrogen functional groups attached to an aromatic ring is 3. The highest BCUT2D eigenvalue weighted by Crippen LogP contribution is 2.23. The van der Waals surface area contributed by atoms with Gasteiger partial charge in [-0.15, -0.1) is 0 Å². The zero-order chi connectivity index (χ0) is 62.3. The lowest BCUT2D eigenvalue weighted by atomic mass is 10.1. The molecule has 6 heterocycles. The average Bonchev–Trinajstić information content (AvgIpc) is 3.04. The van der Waals surface area contributed by atoms with E-state index in [9.17, 15) is 14.4 Å². The van der Waals surface area contributed by atoms with Gasteiger partial charge in [-0.1, -0.05) is 72.8 Å². The number of hydrogen-bond donors (Lipinski definition) is 9. The van der Waals surface area contributed by atoms with Crippen LogP contribution in [0.15, 0.2) is 256 Å². The summed E-state index contributed by atoms with van der Waals surface area (Å²) in [5.41, 5.74) is 30.8. The van der Waals surface area contributed by atoms with Crippen molar-refractivity contribution in [3.63, 3.8) is 0 Å². The minimum absolute atomic E-state index is 0.208. The standard InChI is InChI=1S/3C23H20N6O/c3*24-19-5-1-2-6-21(19)28-22(30)17-9-7-16(8-10-17)14-27-23-26-13-11-20(29-23)18-4-3-12-25-15-18/h3*1-13,15H,14,24H2,(H,28,30)(H,26,27,29). The number of carbonyl (C=O) groups is 3. The van der Waals surface area contributed by atoms with Crippen LogP contribution in [0.3, 0.4) is 0 Å². The number of benzene rings is 6. The zero-order valence-corrected chi connectivity index (χ0v) is 48.4. The highest BCUT2D eigenvalue weighted by atomic mass is 16.2. The van der Waals surface area contributed by atoms with Crippen LogP contribution in [0.2, 0.25) is 0 Å². The number of nitrogens with one attached hydrogen (secondary N) is 6. The molecule has 12 N–H and O–H groups in total. The molecule has 0 radical (unpaired) electrons. The van der Waals surface area contributed by atoms with Crippen molar-refractivity contribution in [2.24, 2.45) is 0 Å². The molecule has 12 aromatic rings. The smallest absolute Gasteiger partial charge is 0.255 e. The maximum absolute atomic E-state index is 12.4. The predicted octanol–water partition coefficient (Wildman–Crippen LogP) is 12.0. The van der Waals surface area contributed by atoms with Gasteiger partial charge in [-0.2, -0.15) is 0 Å². The fourth-order valence-corrected chi connectivity index (χ4v) is 8.64. The number of pyridine rings is 3. The van der Waals surface area contributed by atoms with E-state index in [2.05, 4.69) is 76.8 Å². The maximum Gasteiger partial charge on any atom is 0.255 e. The van der Waals surface area contributed by atoms with E-state index in [0.29, 0.717) is 88.3 Å². The van der Waals surface area contributed by atoms with Crippen LogP contribution in [0.4, 0.5) is 52.0 Å². The number of aromatic nitrogens is 9. The second-order valence-corrected chi connectivity index (χ2v) is 19.8. The van der Waals surface area contributed by atoms with Crippen LogP contribution in [0, 0.1) is 0 Å². The summed E-state index contributed by atoms with van der Waals surface area (Å²) in [6, 6.07) is 60.5. The molecule has 21 nitrogen and oxygen atoms in total. The molecule has 12 rings (SSSR count). The molecule has 3 amide bonds. The van der Waals surface area contributed by atoms with E-state index in [0.717, 1.165) is 50.5 Å². The number of rotatable bonds is 18. The van der Waals surface area contributed by atoms with Crippen LogP contribution in [0.25, 0.3) is 33.8 Å². The van der Waals surface area contributed by atoms with Crippen LogP contribution >= 0.6 is 0 Å². The number of amides is 3.